The van der Waals surface area contributed by atoms with Crippen LogP contribution in [0.2, 0.25) is 20.1 Å². The van der Waals surface area contributed by atoms with Crippen molar-refractivity contribution < 1.29 is 9.59 Å². The van der Waals surface area contributed by atoms with E-state index in [0.717, 1.165) is 59.0 Å². The first-order chi connectivity index (χ1) is 20.2. The quantitative estimate of drug-likeness (QED) is 0.104. The van der Waals surface area contributed by atoms with Gasteiger partial charge in [0, 0.05) is 36.0 Å². The van der Waals surface area contributed by atoms with Gasteiger partial charge in [-0.2, -0.15) is 9.98 Å². The largest absolute Gasteiger partial charge is 0.311 e. The molecule has 0 saturated heterocycles. The molecule has 2 heterocycles. The molecule has 0 radical (unpaired) electrons. The zero-order valence-corrected chi connectivity index (χ0v) is 27.5. The van der Waals surface area contributed by atoms with Gasteiger partial charge in [-0.15, -0.1) is 13.2 Å². The van der Waals surface area contributed by atoms with Crippen molar-refractivity contribution >= 4 is 101 Å². The third-order valence-corrected chi connectivity index (χ3v) is 9.55. The van der Waals surface area contributed by atoms with E-state index in [1.807, 2.05) is 21.3 Å². The van der Waals surface area contributed by atoms with E-state index in [-0.39, 0.29) is 11.8 Å². The Morgan fingerprint density at radius 1 is 0.667 bits per heavy atom. The first-order valence-electron chi connectivity index (χ1n) is 13.6. The summed E-state index contributed by atoms with van der Waals surface area (Å²) in [5, 5.41) is 2.12. The van der Waals surface area contributed by atoms with Gasteiger partial charge in [-0.1, -0.05) is 107 Å². The summed E-state index contributed by atoms with van der Waals surface area (Å²) in [6.07, 6.45) is 9.60. The van der Waals surface area contributed by atoms with E-state index in [0.29, 0.717) is 55.6 Å². The van der Waals surface area contributed by atoms with Crippen molar-refractivity contribution in [3.63, 3.8) is 0 Å². The molecule has 4 aromatic rings. The molecular weight excluding hydrogens is 654 g/mol. The lowest BCUT2D eigenvalue weighted by Crippen LogP contribution is -2.16. The number of unbranched alkanes of at least 4 members (excludes halogenated alkanes) is 5. The van der Waals surface area contributed by atoms with Crippen molar-refractivity contribution in [3.8, 4) is 0 Å². The van der Waals surface area contributed by atoms with E-state index in [1.165, 1.54) is 22.7 Å². The van der Waals surface area contributed by atoms with Crippen LogP contribution in [-0.2, 0) is 22.7 Å². The minimum atomic E-state index is -0.160. The second-order valence-corrected chi connectivity index (χ2v) is 13.4. The van der Waals surface area contributed by atoms with Gasteiger partial charge in [0.1, 0.15) is 0 Å². The number of amides is 2. The molecule has 0 atom stereocenters. The van der Waals surface area contributed by atoms with Gasteiger partial charge in [0.25, 0.3) is 0 Å². The molecule has 0 saturated carbocycles. The van der Waals surface area contributed by atoms with Gasteiger partial charge >= 0.3 is 0 Å². The van der Waals surface area contributed by atoms with Gasteiger partial charge in [-0.25, -0.2) is 0 Å². The van der Waals surface area contributed by atoms with Crippen molar-refractivity contribution in [1.29, 1.82) is 0 Å². The summed E-state index contributed by atoms with van der Waals surface area (Å²) in [7, 11) is 0. The van der Waals surface area contributed by atoms with Crippen molar-refractivity contribution in [2.24, 2.45) is 9.98 Å². The summed E-state index contributed by atoms with van der Waals surface area (Å²) >= 11 is 27.9. The average Bonchev–Trinajstić information content (AvgIpc) is 3.43. The van der Waals surface area contributed by atoms with Crippen molar-refractivity contribution in [2.45, 2.75) is 64.5 Å². The third-order valence-electron chi connectivity index (χ3n) is 6.49. The highest BCUT2D eigenvalue weighted by Gasteiger charge is 2.13. The van der Waals surface area contributed by atoms with E-state index in [4.69, 9.17) is 46.4 Å². The van der Waals surface area contributed by atoms with Crippen molar-refractivity contribution in [2.75, 3.05) is 0 Å². The monoisotopic (exact) mass is 682 g/mol. The molecule has 2 aromatic heterocycles. The van der Waals surface area contributed by atoms with Crippen molar-refractivity contribution in [3.05, 3.63) is 79.3 Å². The molecule has 0 spiro atoms. The van der Waals surface area contributed by atoms with Crippen LogP contribution >= 0.6 is 69.1 Å². The zero-order chi connectivity index (χ0) is 30.2. The maximum atomic E-state index is 12.6. The van der Waals surface area contributed by atoms with Crippen LogP contribution in [0.1, 0.15) is 51.4 Å². The molecule has 12 heteroatoms. The van der Waals surface area contributed by atoms with Crippen LogP contribution < -0.4 is 9.60 Å². The Hall–Kier alpha value is -2.20. The number of benzene rings is 2. The van der Waals surface area contributed by atoms with Gasteiger partial charge in [0.15, 0.2) is 9.60 Å². The lowest BCUT2D eigenvalue weighted by Gasteiger charge is -2.03. The smallest absolute Gasteiger partial charge is 0.248 e. The Labute approximate surface area is 272 Å². The number of carbonyl (C=O) groups is 2. The molecule has 2 aromatic carbocycles. The zero-order valence-electron chi connectivity index (χ0n) is 22.9. The predicted molar refractivity (Wildman–Crippen MR) is 178 cm³/mol. The summed E-state index contributed by atoms with van der Waals surface area (Å²) in [6, 6.07) is 7.03. The van der Waals surface area contributed by atoms with Crippen LogP contribution in [0.15, 0.2) is 59.6 Å². The Kier molecular flexibility index (Phi) is 12.1. The molecule has 0 aliphatic heterocycles. The van der Waals surface area contributed by atoms with E-state index in [2.05, 4.69) is 23.1 Å². The number of aromatic nitrogens is 2. The van der Waals surface area contributed by atoms with Crippen LogP contribution in [0.5, 0.6) is 0 Å². The van der Waals surface area contributed by atoms with Crippen LogP contribution in [0.4, 0.5) is 0 Å². The normalized spacial score (nSPS) is 12.5. The number of carbonyl (C=O) groups excluding carboxylic acids is 2. The topological polar surface area (TPSA) is 68.7 Å². The molecule has 0 aliphatic carbocycles. The standard InChI is InChI=1S/C30H30Cl4N4O2S2/c1-3-13-37-27-21(33)15-19(31)17-23(27)41-29(37)35-25(39)11-9-7-5-6-8-10-12-26(40)36-30-38(14-4-2)28-22(34)16-20(32)18-24(28)42-30/h3-4,15-18H,1-2,5-14H2. The predicted octanol–water partition coefficient (Wildman–Crippen LogP) is 9.38. The first-order valence-corrected chi connectivity index (χ1v) is 16.7. The van der Waals surface area contributed by atoms with Crippen LogP contribution in [0.25, 0.3) is 20.4 Å². The minimum absolute atomic E-state index is 0.160. The SMILES string of the molecule is C=CCn1c(=NC(=O)CCCCCCCCC(=O)N=c2sc3cc(Cl)cc(Cl)c3n2CC=C)sc2cc(Cl)cc(Cl)c21. The highest BCUT2D eigenvalue weighted by Crippen LogP contribution is 2.31. The molecule has 0 N–H and O–H groups in total. The summed E-state index contributed by atoms with van der Waals surface area (Å²) in [5.41, 5.74) is 1.61. The molecule has 0 fully saturated rings. The molecule has 42 heavy (non-hydrogen) atoms. The maximum absolute atomic E-state index is 12.6. The van der Waals surface area contributed by atoms with Crippen LogP contribution in [0.3, 0.4) is 0 Å². The summed E-state index contributed by atoms with van der Waals surface area (Å²) < 4.78 is 5.53. The summed E-state index contributed by atoms with van der Waals surface area (Å²) in [5.74, 6) is -0.320. The number of allylic oxidation sites excluding steroid dienone is 2. The molecule has 0 aliphatic rings. The fourth-order valence-corrected chi connectivity index (χ4v) is 8.29. The number of hydrogen-bond acceptors (Lipinski definition) is 4. The highest BCUT2D eigenvalue weighted by molar-refractivity contribution is 7.16. The number of rotatable bonds is 13. The second kappa shape index (κ2) is 15.5. The van der Waals surface area contributed by atoms with E-state index < -0.39 is 0 Å². The average molecular weight is 685 g/mol. The van der Waals surface area contributed by atoms with Gasteiger partial charge in [0.2, 0.25) is 11.8 Å². The third kappa shape index (κ3) is 8.24. The lowest BCUT2D eigenvalue weighted by molar-refractivity contribution is -0.119. The minimum Gasteiger partial charge on any atom is -0.311 e. The van der Waals surface area contributed by atoms with Gasteiger partial charge in [0.05, 0.1) is 30.5 Å². The molecule has 4 rings (SSSR count). The Balaban J connectivity index is 1.23. The summed E-state index contributed by atoms with van der Waals surface area (Å²) in [4.78, 5) is 35.1. The fourth-order valence-electron chi connectivity index (χ4n) is 4.61. The van der Waals surface area contributed by atoms with E-state index >= 15 is 0 Å². The number of fused-ring (bicyclic) bond motifs is 2. The van der Waals surface area contributed by atoms with E-state index in [9.17, 15) is 9.59 Å². The Bertz CT molecular complexity index is 1650. The fraction of sp³-hybridized carbons (Fsp3) is 0.333. The Morgan fingerprint density at radius 2 is 1.05 bits per heavy atom. The molecule has 2 amide bonds. The second-order valence-electron chi connectivity index (χ2n) is 9.67. The van der Waals surface area contributed by atoms with E-state index in [1.54, 1.807) is 24.3 Å². The number of nitrogens with zero attached hydrogens (tertiary/aromatic N) is 4. The summed E-state index contributed by atoms with van der Waals surface area (Å²) in [6.45, 7) is 8.59. The Morgan fingerprint density at radius 3 is 1.43 bits per heavy atom. The van der Waals surface area contributed by atoms with Gasteiger partial charge in [-0.05, 0) is 37.1 Å². The number of thiazole rings is 2. The first kappa shape index (κ1) is 32.7. The van der Waals surface area contributed by atoms with Crippen LogP contribution in [-0.4, -0.2) is 20.9 Å². The molecule has 0 unspecified atom stereocenters. The number of hydrogen-bond donors (Lipinski definition) is 0. The molecule has 6 nitrogen and oxygen atoms in total. The van der Waals surface area contributed by atoms with Crippen LogP contribution in [0, 0.1) is 0 Å². The van der Waals surface area contributed by atoms with Crippen molar-refractivity contribution in [1.82, 2.24) is 9.13 Å². The lowest BCUT2D eigenvalue weighted by atomic mass is 10.1. The maximum Gasteiger partial charge on any atom is 0.248 e. The number of halogens is 4. The molecular formula is C30H30Cl4N4O2S2. The highest BCUT2D eigenvalue weighted by atomic mass is 35.5. The van der Waals surface area contributed by atoms with Gasteiger partial charge < -0.3 is 9.13 Å². The molecule has 0 bridgehead atoms. The van der Waals surface area contributed by atoms with Gasteiger partial charge in [-0.3, -0.25) is 9.59 Å². The molecule has 222 valence electrons.